The van der Waals surface area contributed by atoms with E-state index in [1.165, 1.54) is 5.56 Å². The number of aryl methyl sites for hydroxylation is 1. The predicted molar refractivity (Wildman–Crippen MR) is 113 cm³/mol. The van der Waals surface area contributed by atoms with Gasteiger partial charge in [0.15, 0.2) is 23.1 Å². The van der Waals surface area contributed by atoms with Crippen molar-refractivity contribution < 1.29 is 14.4 Å². The molecule has 0 spiro atoms. The Hall–Kier alpha value is -3.18. The number of aromatic nitrogens is 1. The standard InChI is InChI=1S/C22H20N2O2S/c1-16-6-10-18(11-7-16)23-22(27)20(24-14-4-3-5-15-24)21(25)17-8-12-19(26-2)13-9-17/h3-15H,1-2H3,(H-,23,25,27)/p+1. The summed E-state index contributed by atoms with van der Waals surface area (Å²) in [4.78, 5) is 0.420. The zero-order valence-electron chi connectivity index (χ0n) is 15.2. The fraction of sp³-hybridized carbons (Fsp3) is 0.0909. The SMILES string of the molecule is COc1ccc(C(O)=C(C(=S)Nc2ccc(C)cc2)[n+]2ccccc2)cc1. The Labute approximate surface area is 164 Å². The number of nitrogens with zero attached hydrogens (tertiary/aromatic N) is 1. The summed E-state index contributed by atoms with van der Waals surface area (Å²) in [7, 11) is 1.61. The molecular weight excluding hydrogens is 356 g/mol. The second kappa shape index (κ2) is 8.47. The first kappa shape index (κ1) is 18.6. The lowest BCUT2D eigenvalue weighted by atomic mass is 10.1. The monoisotopic (exact) mass is 377 g/mol. The van der Waals surface area contributed by atoms with Crippen LogP contribution in [0.5, 0.6) is 5.75 Å². The van der Waals surface area contributed by atoms with Crippen LogP contribution in [0.1, 0.15) is 11.1 Å². The maximum Gasteiger partial charge on any atom is 0.288 e. The van der Waals surface area contributed by atoms with Crippen LogP contribution < -0.4 is 14.6 Å². The summed E-state index contributed by atoms with van der Waals surface area (Å²) in [5.74, 6) is 0.805. The van der Waals surface area contributed by atoms with Crippen molar-refractivity contribution in [3.8, 4) is 5.75 Å². The Morgan fingerprint density at radius 1 is 0.963 bits per heavy atom. The number of benzene rings is 2. The number of hydrogen-bond acceptors (Lipinski definition) is 3. The normalized spacial score (nSPS) is 11.5. The molecule has 0 fully saturated rings. The zero-order chi connectivity index (χ0) is 19.2. The first-order valence-electron chi connectivity index (χ1n) is 8.51. The summed E-state index contributed by atoms with van der Waals surface area (Å²) >= 11 is 5.62. The number of pyridine rings is 1. The third kappa shape index (κ3) is 4.51. The molecule has 0 radical (unpaired) electrons. The van der Waals surface area contributed by atoms with Crippen molar-refractivity contribution in [1.82, 2.24) is 0 Å². The van der Waals surface area contributed by atoms with Crippen molar-refractivity contribution >= 4 is 34.3 Å². The smallest absolute Gasteiger partial charge is 0.288 e. The molecular formula is C22H21N2O2S+. The number of anilines is 1. The number of thiocarbonyl (C=S) groups is 1. The zero-order valence-corrected chi connectivity index (χ0v) is 16.0. The van der Waals surface area contributed by atoms with Crippen LogP contribution in [0.15, 0.2) is 79.1 Å². The van der Waals surface area contributed by atoms with Gasteiger partial charge in [-0.15, -0.1) is 0 Å². The van der Waals surface area contributed by atoms with Gasteiger partial charge in [-0.3, -0.25) is 0 Å². The number of rotatable bonds is 5. The van der Waals surface area contributed by atoms with Gasteiger partial charge in [0.1, 0.15) is 5.75 Å². The second-order valence-electron chi connectivity index (χ2n) is 6.03. The third-order valence-corrected chi connectivity index (χ3v) is 4.38. The van der Waals surface area contributed by atoms with E-state index in [9.17, 15) is 5.11 Å². The van der Waals surface area contributed by atoms with E-state index in [1.54, 1.807) is 35.9 Å². The molecule has 0 saturated heterocycles. The van der Waals surface area contributed by atoms with Gasteiger partial charge in [0.05, 0.1) is 7.11 Å². The summed E-state index contributed by atoms with van der Waals surface area (Å²) in [5.41, 5.74) is 3.18. The van der Waals surface area contributed by atoms with Crippen molar-refractivity contribution in [2.24, 2.45) is 0 Å². The summed E-state index contributed by atoms with van der Waals surface area (Å²) in [6.07, 6.45) is 3.69. The highest BCUT2D eigenvalue weighted by Crippen LogP contribution is 2.21. The van der Waals surface area contributed by atoms with Crippen LogP contribution in [0.4, 0.5) is 5.69 Å². The average Bonchev–Trinajstić information content (AvgIpc) is 2.71. The van der Waals surface area contributed by atoms with Gasteiger partial charge in [0.25, 0.3) is 5.70 Å². The Balaban J connectivity index is 2.02. The molecule has 2 aromatic carbocycles. The van der Waals surface area contributed by atoms with Crippen LogP contribution in [0, 0.1) is 6.92 Å². The van der Waals surface area contributed by atoms with Crippen molar-refractivity contribution in [2.75, 3.05) is 12.4 Å². The van der Waals surface area contributed by atoms with E-state index >= 15 is 0 Å². The summed E-state index contributed by atoms with van der Waals surface area (Å²) in [5, 5.41) is 14.2. The lowest BCUT2D eigenvalue weighted by Gasteiger charge is -2.10. The Kier molecular flexibility index (Phi) is 5.84. The first-order chi connectivity index (χ1) is 13.1. The quantitative estimate of drug-likeness (QED) is 0.295. The van der Waals surface area contributed by atoms with E-state index in [4.69, 9.17) is 17.0 Å². The molecule has 0 unspecified atom stereocenters. The summed E-state index contributed by atoms with van der Waals surface area (Å²) in [6.45, 7) is 2.03. The highest BCUT2D eigenvalue weighted by molar-refractivity contribution is 7.81. The highest BCUT2D eigenvalue weighted by atomic mass is 32.1. The Bertz CT molecular complexity index is 950. The summed E-state index contributed by atoms with van der Waals surface area (Å²) in [6, 6.07) is 20.8. The van der Waals surface area contributed by atoms with Crippen LogP contribution in [-0.4, -0.2) is 17.2 Å². The van der Waals surface area contributed by atoms with E-state index in [0.29, 0.717) is 16.2 Å². The fourth-order valence-electron chi connectivity index (χ4n) is 2.61. The van der Waals surface area contributed by atoms with Gasteiger partial charge in [-0.05, 0) is 43.3 Å². The van der Waals surface area contributed by atoms with Crippen molar-refractivity contribution in [1.29, 1.82) is 0 Å². The Morgan fingerprint density at radius 2 is 1.59 bits per heavy atom. The molecule has 1 aromatic heterocycles. The molecule has 0 saturated carbocycles. The molecule has 0 aliphatic heterocycles. The molecule has 3 rings (SSSR count). The molecule has 0 bridgehead atoms. The molecule has 2 N–H and O–H groups in total. The summed E-state index contributed by atoms with van der Waals surface area (Å²) < 4.78 is 6.98. The van der Waals surface area contributed by atoms with Crippen molar-refractivity contribution in [2.45, 2.75) is 6.92 Å². The maximum atomic E-state index is 11.0. The number of aliphatic hydroxyl groups excluding tert-OH is 1. The van der Waals surface area contributed by atoms with Gasteiger partial charge in [-0.1, -0.05) is 36.0 Å². The molecule has 0 aliphatic rings. The van der Waals surface area contributed by atoms with Gasteiger partial charge >= 0.3 is 0 Å². The molecule has 4 nitrogen and oxygen atoms in total. The van der Waals surface area contributed by atoms with E-state index in [-0.39, 0.29) is 5.76 Å². The Morgan fingerprint density at radius 3 is 2.19 bits per heavy atom. The van der Waals surface area contributed by atoms with Gasteiger partial charge in [0.2, 0.25) is 0 Å². The van der Waals surface area contributed by atoms with Gasteiger partial charge in [-0.2, -0.15) is 4.57 Å². The van der Waals surface area contributed by atoms with E-state index < -0.39 is 0 Å². The molecule has 5 heteroatoms. The van der Waals surface area contributed by atoms with E-state index in [2.05, 4.69) is 5.32 Å². The molecule has 136 valence electrons. The van der Waals surface area contributed by atoms with E-state index in [0.717, 1.165) is 11.4 Å². The fourth-order valence-corrected chi connectivity index (χ4v) is 2.93. The van der Waals surface area contributed by atoms with Crippen LogP contribution in [-0.2, 0) is 0 Å². The molecule has 1 heterocycles. The number of ether oxygens (including phenoxy) is 1. The lowest BCUT2D eigenvalue weighted by molar-refractivity contribution is -0.575. The number of hydrogen-bond donors (Lipinski definition) is 2. The average molecular weight is 377 g/mol. The molecule has 27 heavy (non-hydrogen) atoms. The van der Waals surface area contributed by atoms with Crippen molar-refractivity contribution in [3.63, 3.8) is 0 Å². The van der Waals surface area contributed by atoms with E-state index in [1.807, 2.05) is 61.8 Å². The van der Waals surface area contributed by atoms with Crippen LogP contribution >= 0.6 is 12.2 Å². The minimum atomic E-state index is 0.0819. The molecule has 0 atom stereocenters. The van der Waals surface area contributed by atoms with Crippen LogP contribution in [0.3, 0.4) is 0 Å². The number of methoxy groups -OCH3 is 1. The van der Waals surface area contributed by atoms with Crippen LogP contribution in [0.25, 0.3) is 11.5 Å². The van der Waals surface area contributed by atoms with Gasteiger partial charge in [-0.25, -0.2) is 0 Å². The maximum absolute atomic E-state index is 11.0. The number of aliphatic hydroxyl groups is 1. The van der Waals surface area contributed by atoms with Gasteiger partial charge < -0.3 is 15.2 Å². The number of nitrogens with one attached hydrogen (secondary N) is 1. The molecule has 3 aromatic rings. The van der Waals surface area contributed by atoms with Gasteiger partial charge in [0, 0.05) is 23.4 Å². The minimum Gasteiger partial charge on any atom is -0.502 e. The third-order valence-electron chi connectivity index (χ3n) is 4.09. The molecule has 0 aliphatic carbocycles. The first-order valence-corrected chi connectivity index (χ1v) is 8.91. The minimum absolute atomic E-state index is 0.0819. The largest absolute Gasteiger partial charge is 0.502 e. The second-order valence-corrected chi connectivity index (χ2v) is 6.44. The highest BCUT2D eigenvalue weighted by Gasteiger charge is 2.23. The predicted octanol–water partition coefficient (Wildman–Crippen LogP) is 4.61. The van der Waals surface area contributed by atoms with Crippen molar-refractivity contribution in [3.05, 3.63) is 90.3 Å². The lowest BCUT2D eigenvalue weighted by Crippen LogP contribution is -2.38. The molecule has 0 amide bonds. The topological polar surface area (TPSA) is 45.4 Å². The van der Waals surface area contributed by atoms with Crippen LogP contribution in [0.2, 0.25) is 0 Å².